The molecule has 29 heavy (non-hydrogen) atoms. The van der Waals surface area contributed by atoms with E-state index in [0.717, 1.165) is 33.9 Å². The van der Waals surface area contributed by atoms with Crippen molar-refractivity contribution >= 4 is 23.2 Å². The minimum absolute atomic E-state index is 0.430. The maximum atomic E-state index is 9.08. The first-order valence-electron chi connectivity index (χ1n) is 8.94. The van der Waals surface area contributed by atoms with Crippen LogP contribution in [0.3, 0.4) is 0 Å². The molecule has 1 aromatic carbocycles. The van der Waals surface area contributed by atoms with Gasteiger partial charge in [-0.3, -0.25) is 5.10 Å². The van der Waals surface area contributed by atoms with E-state index in [1.807, 2.05) is 67.4 Å². The van der Waals surface area contributed by atoms with Crippen molar-refractivity contribution in [3.63, 3.8) is 0 Å². The second kappa shape index (κ2) is 7.74. The van der Waals surface area contributed by atoms with Gasteiger partial charge in [0.15, 0.2) is 5.82 Å². The van der Waals surface area contributed by atoms with E-state index in [0.29, 0.717) is 16.5 Å². The number of halogens is 1. The Morgan fingerprint density at radius 3 is 2.69 bits per heavy atom. The zero-order chi connectivity index (χ0) is 20.4. The third-order valence-corrected chi connectivity index (χ3v) is 4.87. The molecule has 6 nitrogen and oxygen atoms in total. The summed E-state index contributed by atoms with van der Waals surface area (Å²) in [6.07, 6.45) is 1.77. The average molecular weight is 401 g/mol. The van der Waals surface area contributed by atoms with Crippen LogP contribution in [-0.2, 0) is 0 Å². The number of hydrogen-bond acceptors (Lipinski definition) is 5. The average Bonchev–Trinajstić information content (AvgIpc) is 3.23. The number of nitriles is 1. The van der Waals surface area contributed by atoms with Crippen LogP contribution in [0.25, 0.3) is 22.5 Å². The van der Waals surface area contributed by atoms with Gasteiger partial charge in [0.25, 0.3) is 0 Å². The van der Waals surface area contributed by atoms with Crippen molar-refractivity contribution in [1.82, 2.24) is 20.2 Å². The number of aryl methyl sites for hydroxylation is 1. The van der Waals surface area contributed by atoms with E-state index in [1.54, 1.807) is 12.3 Å². The molecule has 0 bridgehead atoms. The largest absolute Gasteiger partial charge is 0.313 e. The third-order valence-electron chi connectivity index (χ3n) is 4.65. The minimum Gasteiger partial charge on any atom is -0.313 e. The molecule has 0 saturated heterocycles. The summed E-state index contributed by atoms with van der Waals surface area (Å²) >= 11 is 5.98. The highest BCUT2D eigenvalue weighted by atomic mass is 35.5. The fraction of sp³-hybridized carbons (Fsp3) is 0.0909. The molecule has 0 fully saturated rings. The van der Waals surface area contributed by atoms with Gasteiger partial charge in [0.05, 0.1) is 23.0 Å². The first-order valence-corrected chi connectivity index (χ1v) is 9.32. The quantitative estimate of drug-likeness (QED) is 0.480. The van der Waals surface area contributed by atoms with Gasteiger partial charge in [-0.15, -0.1) is 0 Å². The topological polar surface area (TPSA) is 81.5 Å². The van der Waals surface area contributed by atoms with Crippen LogP contribution >= 0.6 is 11.6 Å². The molecule has 0 radical (unpaired) electrons. The molecule has 0 aliphatic heterocycles. The van der Waals surface area contributed by atoms with Crippen molar-refractivity contribution in [2.45, 2.75) is 6.92 Å². The van der Waals surface area contributed by atoms with Crippen LogP contribution in [-0.4, -0.2) is 27.2 Å². The van der Waals surface area contributed by atoms with Gasteiger partial charge in [0.1, 0.15) is 11.0 Å². The van der Waals surface area contributed by atoms with Gasteiger partial charge in [-0.2, -0.15) is 10.4 Å². The van der Waals surface area contributed by atoms with Crippen LogP contribution in [0.1, 0.15) is 11.1 Å². The minimum atomic E-state index is 0.430. The molecule has 0 amide bonds. The fourth-order valence-electron chi connectivity index (χ4n) is 3.12. The van der Waals surface area contributed by atoms with Crippen LogP contribution in [0.5, 0.6) is 0 Å². The summed E-state index contributed by atoms with van der Waals surface area (Å²) in [5.74, 6) is 1.46. The van der Waals surface area contributed by atoms with Crippen molar-refractivity contribution < 1.29 is 0 Å². The number of pyridine rings is 2. The summed E-state index contributed by atoms with van der Waals surface area (Å²) in [6.45, 7) is 2.00. The lowest BCUT2D eigenvalue weighted by molar-refractivity contribution is 1.02. The number of benzene rings is 1. The van der Waals surface area contributed by atoms with E-state index < -0.39 is 0 Å². The molecular weight excluding hydrogens is 384 g/mol. The summed E-state index contributed by atoms with van der Waals surface area (Å²) in [4.78, 5) is 10.7. The van der Waals surface area contributed by atoms with Crippen molar-refractivity contribution in [2.24, 2.45) is 0 Å². The molecule has 0 saturated carbocycles. The Hall–Kier alpha value is -3.69. The Balaban J connectivity index is 1.64. The van der Waals surface area contributed by atoms with E-state index >= 15 is 0 Å². The number of nitrogens with zero attached hydrogens (tertiary/aromatic N) is 5. The zero-order valence-electron chi connectivity index (χ0n) is 15.9. The van der Waals surface area contributed by atoms with Crippen LogP contribution in [0.2, 0.25) is 5.15 Å². The Labute approximate surface area is 173 Å². The van der Waals surface area contributed by atoms with E-state index in [9.17, 15) is 0 Å². The molecule has 142 valence electrons. The molecule has 0 atom stereocenters. The van der Waals surface area contributed by atoms with Crippen molar-refractivity contribution in [2.75, 3.05) is 11.9 Å². The number of rotatable bonds is 4. The number of nitrogens with one attached hydrogen (secondary N) is 1. The van der Waals surface area contributed by atoms with Crippen molar-refractivity contribution in [1.29, 1.82) is 5.26 Å². The second-order valence-electron chi connectivity index (χ2n) is 6.59. The standard InChI is InChI=1S/C22H17ClN6/c1-14-10-15(13-24)6-7-17(14)16-8-9-25-21(11-16)29(2)22-12-19(27-28-22)18-4-3-5-20(23)26-18/h3-12H,1-2H3,(H,27,28). The molecule has 7 heteroatoms. The van der Waals surface area contributed by atoms with E-state index in [1.165, 1.54) is 0 Å². The molecule has 4 rings (SSSR count). The number of aromatic nitrogens is 4. The Morgan fingerprint density at radius 2 is 1.93 bits per heavy atom. The predicted octanol–water partition coefficient (Wildman–Crippen LogP) is 5.14. The Bertz CT molecular complexity index is 1220. The van der Waals surface area contributed by atoms with Crippen LogP contribution < -0.4 is 4.90 Å². The van der Waals surface area contributed by atoms with Crippen molar-refractivity contribution in [3.8, 4) is 28.6 Å². The molecule has 1 N–H and O–H groups in total. The second-order valence-corrected chi connectivity index (χ2v) is 6.98. The van der Waals surface area contributed by atoms with Gasteiger partial charge >= 0.3 is 0 Å². The lowest BCUT2D eigenvalue weighted by Crippen LogP contribution is -2.11. The first kappa shape index (κ1) is 18.7. The SMILES string of the molecule is Cc1cc(C#N)ccc1-c1ccnc(N(C)c2cc(-c3cccc(Cl)n3)[nH]n2)c1. The van der Waals surface area contributed by atoms with Gasteiger partial charge in [0.2, 0.25) is 0 Å². The molecule has 3 heterocycles. The monoisotopic (exact) mass is 400 g/mol. The molecule has 0 aliphatic rings. The van der Waals surface area contributed by atoms with Gasteiger partial charge in [-0.05, 0) is 60.0 Å². The molecule has 4 aromatic rings. The fourth-order valence-corrected chi connectivity index (χ4v) is 3.28. The molecular formula is C22H17ClN6. The first-order chi connectivity index (χ1) is 14.0. The number of aromatic amines is 1. The Kier molecular flexibility index (Phi) is 4.98. The lowest BCUT2D eigenvalue weighted by atomic mass is 9.99. The van der Waals surface area contributed by atoms with Gasteiger partial charge in [-0.1, -0.05) is 23.7 Å². The summed E-state index contributed by atoms with van der Waals surface area (Å²) in [6, 6.07) is 19.2. The van der Waals surface area contributed by atoms with Gasteiger partial charge in [0, 0.05) is 19.3 Å². The summed E-state index contributed by atoms with van der Waals surface area (Å²) < 4.78 is 0. The summed E-state index contributed by atoms with van der Waals surface area (Å²) in [5, 5.41) is 16.9. The summed E-state index contributed by atoms with van der Waals surface area (Å²) in [5.41, 5.74) is 5.27. The van der Waals surface area contributed by atoms with Crippen LogP contribution in [0.4, 0.5) is 11.6 Å². The molecule has 0 aliphatic carbocycles. The van der Waals surface area contributed by atoms with Gasteiger partial charge < -0.3 is 4.90 Å². The Morgan fingerprint density at radius 1 is 1.07 bits per heavy atom. The summed E-state index contributed by atoms with van der Waals surface area (Å²) in [7, 11) is 1.91. The normalized spacial score (nSPS) is 10.6. The molecule has 3 aromatic heterocycles. The van der Waals surface area contributed by atoms with E-state index in [2.05, 4.69) is 26.2 Å². The van der Waals surface area contributed by atoms with Crippen LogP contribution in [0.15, 0.2) is 60.8 Å². The zero-order valence-corrected chi connectivity index (χ0v) is 16.6. The maximum absolute atomic E-state index is 9.08. The highest BCUT2D eigenvalue weighted by molar-refractivity contribution is 6.29. The number of hydrogen-bond donors (Lipinski definition) is 1. The lowest BCUT2D eigenvalue weighted by Gasteiger charge is -2.16. The van der Waals surface area contributed by atoms with Gasteiger partial charge in [-0.25, -0.2) is 9.97 Å². The third kappa shape index (κ3) is 3.82. The predicted molar refractivity (Wildman–Crippen MR) is 114 cm³/mol. The molecule has 0 spiro atoms. The van der Waals surface area contributed by atoms with E-state index in [4.69, 9.17) is 16.9 Å². The maximum Gasteiger partial charge on any atom is 0.156 e. The molecule has 0 unspecified atom stereocenters. The number of anilines is 2. The smallest absolute Gasteiger partial charge is 0.156 e. The number of H-pyrrole nitrogens is 1. The van der Waals surface area contributed by atoms with Crippen molar-refractivity contribution in [3.05, 3.63) is 77.1 Å². The van der Waals surface area contributed by atoms with Crippen LogP contribution in [0, 0.1) is 18.3 Å². The highest BCUT2D eigenvalue weighted by Crippen LogP contribution is 2.29. The van der Waals surface area contributed by atoms with E-state index in [-0.39, 0.29) is 0 Å². The highest BCUT2D eigenvalue weighted by Gasteiger charge is 2.13.